The number of halogens is 2. The molecule has 1 aliphatic rings. The number of carbonyl (C=O) groups is 2. The summed E-state index contributed by atoms with van der Waals surface area (Å²) in [5, 5.41) is 7.02. The summed E-state index contributed by atoms with van der Waals surface area (Å²) in [5.74, 6) is -0.870. The van der Waals surface area contributed by atoms with Crippen molar-refractivity contribution < 1.29 is 18.4 Å². The maximum absolute atomic E-state index is 13.6. The molecule has 38 heavy (non-hydrogen) atoms. The molecule has 1 saturated heterocycles. The van der Waals surface area contributed by atoms with Crippen LogP contribution in [0.4, 0.5) is 20.4 Å². The number of nitrogens with one attached hydrogen (secondary N) is 2. The Balaban J connectivity index is 1.21. The Bertz CT molecular complexity index is 1440. The van der Waals surface area contributed by atoms with Crippen LogP contribution in [0, 0.1) is 11.6 Å². The van der Waals surface area contributed by atoms with E-state index in [2.05, 4.69) is 25.5 Å². The van der Waals surface area contributed by atoms with Crippen molar-refractivity contribution in [3.63, 3.8) is 0 Å². The second-order valence-corrected chi connectivity index (χ2v) is 9.62. The van der Waals surface area contributed by atoms with Crippen LogP contribution < -0.4 is 10.6 Å². The number of Topliss-reactive ketones (excluding diaryl/α,β-unsaturated/α-hetero) is 1. The van der Waals surface area contributed by atoms with Gasteiger partial charge in [-0.3, -0.25) is 14.5 Å². The van der Waals surface area contributed by atoms with Crippen LogP contribution in [0.3, 0.4) is 0 Å². The summed E-state index contributed by atoms with van der Waals surface area (Å²) in [4.78, 5) is 35.1. The first-order chi connectivity index (χ1) is 18.3. The van der Waals surface area contributed by atoms with Crippen LogP contribution in [-0.4, -0.2) is 56.8 Å². The molecule has 0 unspecified atom stereocenters. The summed E-state index contributed by atoms with van der Waals surface area (Å²) >= 11 is 0. The fourth-order valence-electron chi connectivity index (χ4n) is 4.71. The van der Waals surface area contributed by atoms with Crippen molar-refractivity contribution in [3.05, 3.63) is 83.7 Å². The summed E-state index contributed by atoms with van der Waals surface area (Å²) in [5.41, 5.74) is 2.37. The molecule has 5 rings (SSSR count). The third kappa shape index (κ3) is 6.20. The molecular weight excluding hydrogens is 490 g/mol. The van der Waals surface area contributed by atoms with Gasteiger partial charge in [0, 0.05) is 60.8 Å². The molecular formula is C28H28F2N6O2. The largest absolute Gasteiger partial charge is 0.349 e. The van der Waals surface area contributed by atoms with E-state index in [4.69, 9.17) is 0 Å². The smallest absolute Gasteiger partial charge is 0.251 e. The lowest BCUT2D eigenvalue weighted by Crippen LogP contribution is -2.45. The molecule has 0 atom stereocenters. The van der Waals surface area contributed by atoms with E-state index in [1.54, 1.807) is 48.1 Å². The normalized spacial score (nSPS) is 14.5. The maximum Gasteiger partial charge on any atom is 0.251 e. The van der Waals surface area contributed by atoms with E-state index in [1.165, 1.54) is 12.1 Å². The van der Waals surface area contributed by atoms with Gasteiger partial charge < -0.3 is 15.2 Å². The standard InChI is InChI=1S/C28H28F2N6O2/c1-18(37)16-35-9-7-25(8-10-35)32-27(38)20-2-4-24(5-3-20)33-28-31-15-21-6-11-36(26(21)34-28)17-19-12-22(29)14-23(30)13-19/h2-6,11-15,25H,7-10,16-17H2,1H3,(H,32,38)(H,31,33,34). The van der Waals surface area contributed by atoms with Gasteiger partial charge in [-0.05, 0) is 67.8 Å². The Kier molecular flexibility index (Phi) is 7.41. The summed E-state index contributed by atoms with van der Waals surface area (Å²) in [7, 11) is 0. The monoisotopic (exact) mass is 518 g/mol. The SMILES string of the molecule is CC(=O)CN1CCC(NC(=O)c2ccc(Nc3ncc4ccn(Cc5cc(F)cc(F)c5)c4n3)cc2)CC1. The highest BCUT2D eigenvalue weighted by molar-refractivity contribution is 5.94. The zero-order chi connectivity index (χ0) is 26.6. The first-order valence-corrected chi connectivity index (χ1v) is 12.5. The minimum atomic E-state index is -0.624. The number of piperidine rings is 1. The van der Waals surface area contributed by atoms with Crippen molar-refractivity contribution in [3.8, 4) is 0 Å². The van der Waals surface area contributed by atoms with E-state index in [9.17, 15) is 18.4 Å². The Labute approximate surface area is 218 Å². The highest BCUT2D eigenvalue weighted by Gasteiger charge is 2.21. The predicted octanol–water partition coefficient (Wildman–Crippen LogP) is 4.28. The number of benzene rings is 2. The van der Waals surface area contributed by atoms with Gasteiger partial charge in [0.05, 0.1) is 6.54 Å². The Morgan fingerprint density at radius 3 is 2.42 bits per heavy atom. The van der Waals surface area contributed by atoms with E-state index in [0.717, 1.165) is 37.4 Å². The Morgan fingerprint density at radius 1 is 1.03 bits per heavy atom. The van der Waals surface area contributed by atoms with E-state index in [0.29, 0.717) is 35.0 Å². The van der Waals surface area contributed by atoms with Crippen LogP contribution in [0.2, 0.25) is 0 Å². The molecule has 2 N–H and O–H groups in total. The minimum absolute atomic E-state index is 0.0868. The van der Waals surface area contributed by atoms with Crippen molar-refractivity contribution >= 4 is 34.4 Å². The molecule has 10 heteroatoms. The minimum Gasteiger partial charge on any atom is -0.349 e. The molecule has 196 valence electrons. The molecule has 0 radical (unpaired) electrons. The van der Waals surface area contributed by atoms with Crippen molar-refractivity contribution in [1.82, 2.24) is 24.8 Å². The molecule has 0 saturated carbocycles. The molecule has 1 fully saturated rings. The quantitative estimate of drug-likeness (QED) is 0.362. The average Bonchev–Trinajstić information content (AvgIpc) is 3.26. The zero-order valence-corrected chi connectivity index (χ0v) is 21.0. The third-order valence-corrected chi connectivity index (χ3v) is 6.55. The summed E-state index contributed by atoms with van der Waals surface area (Å²) in [6.45, 7) is 3.90. The van der Waals surface area contributed by atoms with Crippen LogP contribution in [0.1, 0.15) is 35.7 Å². The highest BCUT2D eigenvalue weighted by atomic mass is 19.1. The number of likely N-dealkylation sites (tertiary alicyclic amines) is 1. The van der Waals surface area contributed by atoms with Gasteiger partial charge in [-0.2, -0.15) is 4.98 Å². The number of ketones is 1. The van der Waals surface area contributed by atoms with Gasteiger partial charge in [-0.15, -0.1) is 0 Å². The second-order valence-electron chi connectivity index (χ2n) is 9.62. The van der Waals surface area contributed by atoms with Gasteiger partial charge in [0.25, 0.3) is 5.91 Å². The van der Waals surface area contributed by atoms with Crippen molar-refractivity contribution in [1.29, 1.82) is 0 Å². The van der Waals surface area contributed by atoms with Crippen LogP contribution in [0.15, 0.2) is 60.9 Å². The van der Waals surface area contributed by atoms with E-state index in [1.807, 2.05) is 6.07 Å². The third-order valence-electron chi connectivity index (χ3n) is 6.55. The van der Waals surface area contributed by atoms with Gasteiger partial charge >= 0.3 is 0 Å². The van der Waals surface area contributed by atoms with Gasteiger partial charge in [-0.1, -0.05) is 0 Å². The second kappa shape index (κ2) is 11.1. The number of rotatable bonds is 8. The number of hydrogen-bond acceptors (Lipinski definition) is 6. The number of amides is 1. The fraction of sp³-hybridized carbons (Fsp3) is 0.286. The highest BCUT2D eigenvalue weighted by Crippen LogP contribution is 2.20. The number of fused-ring (bicyclic) bond motifs is 1. The summed E-state index contributed by atoms with van der Waals surface area (Å²) in [6, 6.07) is 12.4. The van der Waals surface area contributed by atoms with Gasteiger partial charge in [-0.25, -0.2) is 13.8 Å². The zero-order valence-electron chi connectivity index (χ0n) is 21.0. The lowest BCUT2D eigenvalue weighted by molar-refractivity contribution is -0.118. The number of carbonyl (C=O) groups excluding carboxylic acids is 2. The van der Waals surface area contributed by atoms with Crippen molar-refractivity contribution in [2.24, 2.45) is 0 Å². The number of hydrogen-bond donors (Lipinski definition) is 2. The number of nitrogens with zero attached hydrogens (tertiary/aromatic N) is 4. The van der Waals surface area contributed by atoms with Crippen LogP contribution in [0.5, 0.6) is 0 Å². The first kappa shape index (κ1) is 25.5. The predicted molar refractivity (Wildman–Crippen MR) is 140 cm³/mol. The summed E-state index contributed by atoms with van der Waals surface area (Å²) in [6.07, 6.45) is 5.10. The van der Waals surface area contributed by atoms with E-state index in [-0.39, 0.29) is 24.3 Å². The van der Waals surface area contributed by atoms with E-state index >= 15 is 0 Å². The molecule has 4 aromatic rings. The number of anilines is 2. The Hall–Kier alpha value is -4.18. The fourth-order valence-corrected chi connectivity index (χ4v) is 4.71. The molecule has 3 heterocycles. The topological polar surface area (TPSA) is 92.2 Å². The molecule has 0 spiro atoms. The van der Waals surface area contributed by atoms with Gasteiger partial charge in [0.2, 0.25) is 5.95 Å². The van der Waals surface area contributed by atoms with Crippen LogP contribution in [-0.2, 0) is 11.3 Å². The van der Waals surface area contributed by atoms with Crippen molar-refractivity contribution in [2.45, 2.75) is 32.4 Å². The maximum atomic E-state index is 13.6. The molecule has 1 amide bonds. The lowest BCUT2D eigenvalue weighted by Gasteiger charge is -2.31. The average molecular weight is 519 g/mol. The van der Waals surface area contributed by atoms with Crippen LogP contribution >= 0.6 is 0 Å². The molecule has 2 aromatic carbocycles. The molecule has 0 bridgehead atoms. The molecule has 0 aliphatic carbocycles. The van der Waals surface area contributed by atoms with Gasteiger partial charge in [0.15, 0.2) is 0 Å². The number of aromatic nitrogens is 3. The van der Waals surface area contributed by atoms with E-state index < -0.39 is 11.6 Å². The van der Waals surface area contributed by atoms with Gasteiger partial charge in [0.1, 0.15) is 23.1 Å². The van der Waals surface area contributed by atoms with Crippen LogP contribution in [0.25, 0.3) is 11.0 Å². The lowest BCUT2D eigenvalue weighted by atomic mass is 10.0. The Morgan fingerprint density at radius 2 is 1.74 bits per heavy atom. The molecule has 1 aliphatic heterocycles. The summed E-state index contributed by atoms with van der Waals surface area (Å²) < 4.78 is 29.0. The van der Waals surface area contributed by atoms with Crippen molar-refractivity contribution in [2.75, 3.05) is 25.0 Å². The molecule has 8 nitrogen and oxygen atoms in total. The molecule has 2 aromatic heterocycles. The first-order valence-electron chi connectivity index (χ1n) is 12.5.